The van der Waals surface area contributed by atoms with Gasteiger partial charge >= 0.3 is 0 Å². The number of benzene rings is 1. The molecule has 2 atom stereocenters. The molecule has 1 heterocycles. The van der Waals surface area contributed by atoms with Crippen LogP contribution in [0.3, 0.4) is 0 Å². The van der Waals surface area contributed by atoms with Gasteiger partial charge in [-0.15, -0.1) is 0 Å². The van der Waals surface area contributed by atoms with E-state index < -0.39 is 32.8 Å². The lowest BCUT2D eigenvalue weighted by Crippen LogP contribution is -2.45. The van der Waals surface area contributed by atoms with Gasteiger partial charge in [0.05, 0.1) is 17.0 Å². The lowest BCUT2D eigenvalue weighted by molar-refractivity contribution is 0.462. The molecule has 0 spiro atoms. The van der Waals surface area contributed by atoms with Crippen LogP contribution in [0.1, 0.15) is 18.5 Å². The Labute approximate surface area is 98.8 Å². The largest absolute Gasteiger partial charge is 0.308 e. The molecule has 0 radical (unpaired) electrons. The SMILES string of the molecule is CC1CNC(c2c(F)cccc2F)CS1(=O)=O. The van der Waals surface area contributed by atoms with E-state index in [0.717, 1.165) is 12.1 Å². The van der Waals surface area contributed by atoms with Crippen LogP contribution in [-0.2, 0) is 9.84 Å². The molecule has 1 aromatic carbocycles. The Morgan fingerprint density at radius 2 is 1.88 bits per heavy atom. The molecule has 0 amide bonds. The van der Waals surface area contributed by atoms with E-state index in [1.54, 1.807) is 6.92 Å². The molecule has 1 saturated heterocycles. The summed E-state index contributed by atoms with van der Waals surface area (Å²) in [5.74, 6) is -1.70. The van der Waals surface area contributed by atoms with Crippen LogP contribution in [-0.4, -0.2) is 26.0 Å². The summed E-state index contributed by atoms with van der Waals surface area (Å²) >= 11 is 0. The van der Waals surface area contributed by atoms with Gasteiger partial charge in [-0.1, -0.05) is 6.07 Å². The van der Waals surface area contributed by atoms with Crippen molar-refractivity contribution in [1.29, 1.82) is 0 Å². The van der Waals surface area contributed by atoms with Crippen molar-refractivity contribution in [2.45, 2.75) is 18.2 Å². The van der Waals surface area contributed by atoms with E-state index in [9.17, 15) is 17.2 Å². The topological polar surface area (TPSA) is 46.2 Å². The minimum atomic E-state index is -3.29. The quantitative estimate of drug-likeness (QED) is 0.831. The average Bonchev–Trinajstić information content (AvgIpc) is 2.22. The second-order valence-corrected chi connectivity index (χ2v) is 6.70. The second kappa shape index (κ2) is 4.34. The minimum absolute atomic E-state index is 0.192. The molecule has 1 aromatic rings. The number of halogens is 2. The maximum absolute atomic E-state index is 13.5. The van der Waals surface area contributed by atoms with E-state index in [0.29, 0.717) is 0 Å². The lowest BCUT2D eigenvalue weighted by atomic mass is 10.1. The molecule has 2 unspecified atom stereocenters. The molecular weight excluding hydrogens is 248 g/mol. The molecule has 0 bridgehead atoms. The van der Waals surface area contributed by atoms with Crippen molar-refractivity contribution < 1.29 is 17.2 Å². The Balaban J connectivity index is 2.37. The monoisotopic (exact) mass is 261 g/mol. The number of hydrogen-bond donors (Lipinski definition) is 1. The fourth-order valence-electron chi connectivity index (χ4n) is 1.92. The molecule has 1 N–H and O–H groups in total. The number of rotatable bonds is 1. The second-order valence-electron chi connectivity index (χ2n) is 4.24. The first-order chi connectivity index (χ1) is 7.92. The molecule has 1 fully saturated rings. The third kappa shape index (κ3) is 2.32. The molecular formula is C11H13F2NO2S. The van der Waals surface area contributed by atoms with Gasteiger partial charge in [-0.3, -0.25) is 0 Å². The molecule has 6 heteroatoms. The van der Waals surface area contributed by atoms with Crippen LogP contribution in [0.5, 0.6) is 0 Å². The molecule has 1 aliphatic heterocycles. The van der Waals surface area contributed by atoms with Gasteiger partial charge in [0, 0.05) is 12.1 Å². The zero-order valence-electron chi connectivity index (χ0n) is 9.28. The molecule has 2 rings (SSSR count). The zero-order chi connectivity index (χ0) is 12.6. The smallest absolute Gasteiger partial charge is 0.156 e. The van der Waals surface area contributed by atoms with Crippen molar-refractivity contribution in [3.63, 3.8) is 0 Å². The van der Waals surface area contributed by atoms with Gasteiger partial charge in [0.2, 0.25) is 0 Å². The van der Waals surface area contributed by atoms with Gasteiger partial charge in [-0.2, -0.15) is 0 Å². The van der Waals surface area contributed by atoms with Gasteiger partial charge in [0.15, 0.2) is 9.84 Å². The molecule has 17 heavy (non-hydrogen) atoms. The van der Waals surface area contributed by atoms with Crippen molar-refractivity contribution in [3.05, 3.63) is 35.4 Å². The summed E-state index contributed by atoms with van der Waals surface area (Å²) in [6, 6.07) is 2.71. The van der Waals surface area contributed by atoms with Crippen LogP contribution < -0.4 is 5.32 Å². The summed E-state index contributed by atoms with van der Waals surface area (Å²) in [5.41, 5.74) is -0.192. The normalized spacial score (nSPS) is 27.9. The maximum Gasteiger partial charge on any atom is 0.156 e. The van der Waals surface area contributed by atoms with E-state index in [-0.39, 0.29) is 17.9 Å². The van der Waals surface area contributed by atoms with Gasteiger partial charge < -0.3 is 5.32 Å². The van der Waals surface area contributed by atoms with Crippen molar-refractivity contribution in [3.8, 4) is 0 Å². The first-order valence-corrected chi connectivity index (χ1v) is 7.02. The third-order valence-electron chi connectivity index (χ3n) is 3.01. The molecule has 94 valence electrons. The highest BCUT2D eigenvalue weighted by molar-refractivity contribution is 7.92. The standard InChI is InChI=1S/C11H13F2NO2S/c1-7-5-14-10(6-17(7,15)16)11-8(12)3-2-4-9(11)13/h2-4,7,10,14H,5-6H2,1H3. The predicted octanol–water partition coefficient (Wildman–Crippen LogP) is 1.41. The van der Waals surface area contributed by atoms with Crippen LogP contribution >= 0.6 is 0 Å². The van der Waals surface area contributed by atoms with E-state index >= 15 is 0 Å². The summed E-state index contributed by atoms with van der Waals surface area (Å²) in [7, 11) is -3.29. The minimum Gasteiger partial charge on any atom is -0.308 e. The van der Waals surface area contributed by atoms with E-state index in [1.807, 2.05) is 0 Å². The van der Waals surface area contributed by atoms with Crippen molar-refractivity contribution in [2.24, 2.45) is 0 Å². The van der Waals surface area contributed by atoms with E-state index in [4.69, 9.17) is 0 Å². The Kier molecular flexibility index (Phi) is 3.18. The fraction of sp³-hybridized carbons (Fsp3) is 0.455. The Morgan fingerprint density at radius 1 is 1.29 bits per heavy atom. The van der Waals surface area contributed by atoms with Crippen molar-refractivity contribution >= 4 is 9.84 Å². The molecule has 0 aliphatic carbocycles. The number of nitrogens with one attached hydrogen (secondary N) is 1. The van der Waals surface area contributed by atoms with Crippen molar-refractivity contribution in [1.82, 2.24) is 5.32 Å². The maximum atomic E-state index is 13.5. The van der Waals surface area contributed by atoms with Crippen LogP contribution in [0.25, 0.3) is 0 Å². The third-order valence-corrected chi connectivity index (χ3v) is 5.20. The Morgan fingerprint density at radius 3 is 2.41 bits per heavy atom. The van der Waals surface area contributed by atoms with Crippen LogP contribution in [0.2, 0.25) is 0 Å². The average molecular weight is 261 g/mol. The van der Waals surface area contributed by atoms with E-state index in [2.05, 4.69) is 5.32 Å². The Bertz CT molecular complexity index is 510. The summed E-state index contributed by atoms with van der Waals surface area (Å²) < 4.78 is 50.4. The molecule has 0 saturated carbocycles. The summed E-state index contributed by atoms with van der Waals surface area (Å²) in [5, 5.41) is 2.34. The Hall–Kier alpha value is -1.01. The molecule has 3 nitrogen and oxygen atoms in total. The molecule has 0 aromatic heterocycles. The highest BCUT2D eigenvalue weighted by atomic mass is 32.2. The first-order valence-electron chi connectivity index (χ1n) is 5.30. The molecule has 1 aliphatic rings. The summed E-state index contributed by atoms with van der Waals surface area (Å²) in [6.45, 7) is 1.79. The highest BCUT2D eigenvalue weighted by Gasteiger charge is 2.34. The number of hydrogen-bond acceptors (Lipinski definition) is 3. The van der Waals surface area contributed by atoms with E-state index in [1.165, 1.54) is 6.07 Å². The number of sulfone groups is 1. The van der Waals surface area contributed by atoms with Crippen LogP contribution in [0.15, 0.2) is 18.2 Å². The summed E-state index contributed by atoms with van der Waals surface area (Å²) in [6.07, 6.45) is 0. The first kappa shape index (κ1) is 12.4. The van der Waals surface area contributed by atoms with Gasteiger partial charge in [-0.25, -0.2) is 17.2 Å². The lowest BCUT2D eigenvalue weighted by Gasteiger charge is -2.28. The van der Waals surface area contributed by atoms with Gasteiger partial charge in [0.25, 0.3) is 0 Å². The predicted molar refractivity (Wildman–Crippen MR) is 60.4 cm³/mol. The summed E-state index contributed by atoms with van der Waals surface area (Å²) in [4.78, 5) is 0. The van der Waals surface area contributed by atoms with Gasteiger partial charge in [-0.05, 0) is 19.1 Å². The fourth-order valence-corrected chi connectivity index (χ4v) is 3.35. The van der Waals surface area contributed by atoms with Gasteiger partial charge in [0.1, 0.15) is 11.6 Å². The highest BCUT2D eigenvalue weighted by Crippen LogP contribution is 2.26. The zero-order valence-corrected chi connectivity index (χ0v) is 10.1. The van der Waals surface area contributed by atoms with Crippen LogP contribution in [0, 0.1) is 11.6 Å². The van der Waals surface area contributed by atoms with Crippen molar-refractivity contribution in [2.75, 3.05) is 12.3 Å². The van der Waals surface area contributed by atoms with Crippen LogP contribution in [0.4, 0.5) is 8.78 Å².